The lowest BCUT2D eigenvalue weighted by molar-refractivity contribution is -0.117. The highest BCUT2D eigenvalue weighted by molar-refractivity contribution is 5.96. The van der Waals surface area contributed by atoms with Crippen LogP contribution in [-0.2, 0) is 4.79 Å². The fourth-order valence-corrected chi connectivity index (χ4v) is 3.29. The van der Waals surface area contributed by atoms with E-state index in [-0.39, 0.29) is 17.6 Å². The van der Waals surface area contributed by atoms with Gasteiger partial charge in [-0.1, -0.05) is 37.3 Å². The van der Waals surface area contributed by atoms with Crippen molar-refractivity contribution in [1.29, 1.82) is 0 Å². The summed E-state index contributed by atoms with van der Waals surface area (Å²) in [5.41, 5.74) is 2.11. The van der Waals surface area contributed by atoms with Crippen molar-refractivity contribution < 1.29 is 9.18 Å². The minimum Gasteiger partial charge on any atom is -0.369 e. The van der Waals surface area contributed by atoms with Crippen LogP contribution < -0.4 is 10.2 Å². The van der Waals surface area contributed by atoms with Gasteiger partial charge in [0.15, 0.2) is 0 Å². The average molecular weight is 326 g/mol. The number of nitrogens with zero attached hydrogens (tertiary/aromatic N) is 1. The Kier molecular flexibility index (Phi) is 5.14. The second-order valence-corrected chi connectivity index (χ2v) is 6.22. The smallest absolute Gasteiger partial charge is 0.231 e. The molecule has 1 unspecified atom stereocenters. The summed E-state index contributed by atoms with van der Waals surface area (Å²) < 4.78 is 14.4. The summed E-state index contributed by atoms with van der Waals surface area (Å²) in [6.45, 7) is 3.78. The molecule has 24 heavy (non-hydrogen) atoms. The lowest BCUT2D eigenvalue weighted by Gasteiger charge is -2.20. The molecule has 1 aliphatic heterocycles. The van der Waals surface area contributed by atoms with Crippen LogP contribution in [0.15, 0.2) is 48.5 Å². The van der Waals surface area contributed by atoms with Crippen LogP contribution in [0.4, 0.5) is 15.8 Å². The molecule has 126 valence electrons. The predicted molar refractivity (Wildman–Crippen MR) is 96.0 cm³/mol. The normalized spacial score (nSPS) is 15.3. The van der Waals surface area contributed by atoms with Crippen molar-refractivity contribution in [2.24, 2.45) is 0 Å². The van der Waals surface area contributed by atoms with Crippen LogP contribution in [0.3, 0.4) is 0 Å². The number of amides is 1. The van der Waals surface area contributed by atoms with Gasteiger partial charge in [0.05, 0.1) is 11.6 Å². The van der Waals surface area contributed by atoms with Gasteiger partial charge in [0.1, 0.15) is 5.82 Å². The number of rotatable bonds is 5. The van der Waals surface area contributed by atoms with Gasteiger partial charge in [-0.3, -0.25) is 4.79 Å². The molecule has 2 aromatic rings. The molecular weight excluding hydrogens is 303 g/mol. The summed E-state index contributed by atoms with van der Waals surface area (Å²) in [6.07, 6.45) is 2.91. The molecule has 4 heteroatoms. The maximum absolute atomic E-state index is 14.4. The first kappa shape index (κ1) is 16.5. The monoisotopic (exact) mass is 326 g/mol. The van der Waals surface area contributed by atoms with Crippen molar-refractivity contribution in [2.75, 3.05) is 23.3 Å². The molecule has 1 heterocycles. The van der Waals surface area contributed by atoms with Gasteiger partial charge in [0.25, 0.3) is 0 Å². The van der Waals surface area contributed by atoms with Gasteiger partial charge in [-0.2, -0.15) is 0 Å². The molecule has 1 atom stereocenters. The molecule has 0 bridgehead atoms. The Morgan fingerprint density at radius 1 is 1.17 bits per heavy atom. The van der Waals surface area contributed by atoms with Crippen molar-refractivity contribution in [1.82, 2.24) is 0 Å². The quantitative estimate of drug-likeness (QED) is 0.873. The molecule has 2 aromatic carbocycles. The molecule has 3 rings (SSSR count). The average Bonchev–Trinajstić information content (AvgIpc) is 3.11. The van der Waals surface area contributed by atoms with E-state index in [0.29, 0.717) is 17.8 Å². The van der Waals surface area contributed by atoms with Gasteiger partial charge < -0.3 is 10.2 Å². The highest BCUT2D eigenvalue weighted by Gasteiger charge is 2.20. The zero-order valence-electron chi connectivity index (χ0n) is 14.0. The molecule has 1 amide bonds. The maximum Gasteiger partial charge on any atom is 0.231 e. The van der Waals surface area contributed by atoms with Crippen molar-refractivity contribution in [2.45, 2.75) is 32.1 Å². The van der Waals surface area contributed by atoms with Crippen molar-refractivity contribution >= 4 is 17.3 Å². The van der Waals surface area contributed by atoms with Gasteiger partial charge >= 0.3 is 0 Å². The van der Waals surface area contributed by atoms with Gasteiger partial charge in [-0.15, -0.1) is 0 Å². The summed E-state index contributed by atoms with van der Waals surface area (Å²) in [5.74, 6) is -0.605. The molecule has 0 aliphatic carbocycles. The molecule has 0 aromatic heterocycles. The Balaban J connectivity index is 1.73. The summed E-state index contributed by atoms with van der Waals surface area (Å²) in [4.78, 5) is 14.6. The molecule has 1 N–H and O–H groups in total. The van der Waals surface area contributed by atoms with Crippen LogP contribution >= 0.6 is 0 Å². The predicted octanol–water partition coefficient (Wildman–Crippen LogP) is 4.56. The van der Waals surface area contributed by atoms with E-state index in [1.807, 2.05) is 37.3 Å². The van der Waals surface area contributed by atoms with E-state index in [1.165, 1.54) is 6.07 Å². The Bertz CT molecular complexity index is 696. The third-order valence-corrected chi connectivity index (χ3v) is 4.59. The lowest BCUT2D eigenvalue weighted by atomic mass is 9.95. The number of carbonyl (C=O) groups excluding carboxylic acids is 1. The van der Waals surface area contributed by atoms with Gasteiger partial charge in [0, 0.05) is 18.8 Å². The molecule has 0 spiro atoms. The molecule has 0 radical (unpaired) electrons. The number of halogens is 1. The van der Waals surface area contributed by atoms with E-state index in [4.69, 9.17) is 0 Å². The summed E-state index contributed by atoms with van der Waals surface area (Å²) in [5, 5.41) is 2.85. The Labute approximate surface area is 142 Å². The standard InChI is InChI=1S/C20H23FN2O/c1-2-17(15-8-4-3-5-9-15)20(24)22-16-10-11-19(18(21)14-16)23-12-6-7-13-23/h3-5,8-11,14,17H,2,6-7,12-13H2,1H3,(H,22,24). The highest BCUT2D eigenvalue weighted by Crippen LogP contribution is 2.27. The fraction of sp³-hybridized carbons (Fsp3) is 0.350. The molecule has 1 saturated heterocycles. The third kappa shape index (κ3) is 3.58. The Morgan fingerprint density at radius 3 is 2.50 bits per heavy atom. The number of anilines is 2. The summed E-state index contributed by atoms with van der Waals surface area (Å²) in [6, 6.07) is 14.6. The highest BCUT2D eigenvalue weighted by atomic mass is 19.1. The summed E-state index contributed by atoms with van der Waals surface area (Å²) >= 11 is 0. The minimum absolute atomic E-state index is 0.1000. The first-order valence-electron chi connectivity index (χ1n) is 8.59. The van der Waals surface area contributed by atoms with E-state index < -0.39 is 0 Å². The number of nitrogens with one attached hydrogen (secondary N) is 1. The number of hydrogen-bond donors (Lipinski definition) is 1. The molecule has 3 nitrogen and oxygen atoms in total. The van der Waals surface area contributed by atoms with Crippen LogP contribution in [0, 0.1) is 5.82 Å². The van der Waals surface area contributed by atoms with E-state index in [0.717, 1.165) is 31.5 Å². The van der Waals surface area contributed by atoms with Gasteiger partial charge in [-0.25, -0.2) is 4.39 Å². The third-order valence-electron chi connectivity index (χ3n) is 4.59. The first-order chi connectivity index (χ1) is 11.7. The molecular formula is C20H23FN2O. The Morgan fingerprint density at radius 2 is 1.88 bits per heavy atom. The van der Waals surface area contributed by atoms with Crippen LogP contribution in [-0.4, -0.2) is 19.0 Å². The largest absolute Gasteiger partial charge is 0.369 e. The van der Waals surface area contributed by atoms with Gasteiger partial charge in [-0.05, 0) is 43.0 Å². The van der Waals surface area contributed by atoms with E-state index in [1.54, 1.807) is 12.1 Å². The summed E-state index contributed by atoms with van der Waals surface area (Å²) in [7, 11) is 0. The molecule has 0 saturated carbocycles. The van der Waals surface area contributed by atoms with E-state index in [9.17, 15) is 9.18 Å². The molecule has 1 aliphatic rings. The second-order valence-electron chi connectivity index (χ2n) is 6.22. The van der Waals surface area contributed by atoms with Crippen LogP contribution in [0.25, 0.3) is 0 Å². The zero-order chi connectivity index (χ0) is 16.9. The van der Waals surface area contributed by atoms with Crippen LogP contribution in [0.2, 0.25) is 0 Å². The van der Waals surface area contributed by atoms with Crippen molar-refractivity contribution in [3.05, 3.63) is 59.9 Å². The number of hydrogen-bond acceptors (Lipinski definition) is 2. The number of carbonyl (C=O) groups is 1. The van der Waals surface area contributed by atoms with Crippen molar-refractivity contribution in [3.63, 3.8) is 0 Å². The first-order valence-corrected chi connectivity index (χ1v) is 8.59. The van der Waals surface area contributed by atoms with Crippen molar-refractivity contribution in [3.8, 4) is 0 Å². The van der Waals surface area contributed by atoms with Crippen LogP contribution in [0.1, 0.15) is 37.7 Å². The number of benzene rings is 2. The van der Waals surface area contributed by atoms with E-state index >= 15 is 0 Å². The fourth-order valence-electron chi connectivity index (χ4n) is 3.29. The minimum atomic E-state index is -0.276. The topological polar surface area (TPSA) is 32.3 Å². The molecule has 1 fully saturated rings. The van der Waals surface area contributed by atoms with Crippen LogP contribution in [0.5, 0.6) is 0 Å². The zero-order valence-corrected chi connectivity index (χ0v) is 14.0. The van der Waals surface area contributed by atoms with Gasteiger partial charge in [0.2, 0.25) is 5.91 Å². The Hall–Kier alpha value is -2.36. The lowest BCUT2D eigenvalue weighted by Crippen LogP contribution is -2.21. The SMILES string of the molecule is CCC(C(=O)Nc1ccc(N2CCCC2)c(F)c1)c1ccccc1. The van der Waals surface area contributed by atoms with E-state index in [2.05, 4.69) is 10.2 Å². The maximum atomic E-state index is 14.4. The second kappa shape index (κ2) is 7.47.